The molecule has 4 heteroatoms. The van der Waals surface area contributed by atoms with E-state index >= 15 is 0 Å². The van der Waals surface area contributed by atoms with Gasteiger partial charge in [0, 0.05) is 10.0 Å². The molecule has 0 bridgehead atoms. The van der Waals surface area contributed by atoms with Crippen molar-refractivity contribution in [2.75, 3.05) is 0 Å². The number of aliphatic imine (C=N–C) groups is 1. The van der Waals surface area contributed by atoms with Crippen molar-refractivity contribution in [2.24, 2.45) is 4.99 Å². The van der Waals surface area contributed by atoms with E-state index in [1.807, 2.05) is 24.3 Å². The highest BCUT2D eigenvalue weighted by Gasteiger charge is 1.86. The van der Waals surface area contributed by atoms with Crippen molar-refractivity contribution in [3.63, 3.8) is 0 Å². The van der Waals surface area contributed by atoms with Gasteiger partial charge in [-0.25, -0.2) is 0 Å². The van der Waals surface area contributed by atoms with Crippen LogP contribution in [0, 0.1) is 0 Å². The second-order valence-electron chi connectivity index (χ2n) is 3.33. The molecular weight excluding hydrogens is 255 g/mol. The summed E-state index contributed by atoms with van der Waals surface area (Å²) in [6.45, 7) is 0. The first-order valence-electron chi connectivity index (χ1n) is 4.98. The summed E-state index contributed by atoms with van der Waals surface area (Å²) in [5.41, 5.74) is 1.53. The van der Waals surface area contributed by atoms with E-state index < -0.39 is 0 Å². The topological polar surface area (TPSA) is 26.5 Å². The molecule has 0 aliphatic heterocycles. The predicted octanol–water partition coefficient (Wildman–Crippen LogP) is 5.36. The predicted molar refractivity (Wildman–Crippen MR) is 74.1 cm³/mol. The molecule has 2 nitrogen and oxygen atoms in total. The molecule has 0 saturated carbocycles. The van der Waals surface area contributed by atoms with Gasteiger partial charge in [0.2, 0.25) is 0 Å². The lowest BCUT2D eigenvalue weighted by atomic mass is 10.3. The van der Waals surface area contributed by atoms with Crippen LogP contribution in [0.4, 0.5) is 11.4 Å². The van der Waals surface area contributed by atoms with Gasteiger partial charge in [0.1, 0.15) is 0 Å². The molecule has 0 saturated heterocycles. The van der Waals surface area contributed by atoms with Crippen LogP contribution in [-0.2, 0) is 0 Å². The Balaban J connectivity index is 2.03. The highest BCUT2D eigenvalue weighted by Crippen LogP contribution is 2.22. The maximum absolute atomic E-state index is 5.84. The minimum atomic E-state index is 0.655. The molecule has 0 atom stereocenters. The van der Waals surface area contributed by atoms with E-state index in [2.05, 4.69) is 10.3 Å². The van der Waals surface area contributed by atoms with E-state index in [1.165, 1.54) is 6.34 Å². The maximum Gasteiger partial charge on any atom is 0.0408 e. The third-order valence-electron chi connectivity index (χ3n) is 2.03. The summed E-state index contributed by atoms with van der Waals surface area (Å²) in [5.74, 6) is 0. The molecule has 0 radical (unpaired) electrons. The lowest BCUT2D eigenvalue weighted by Crippen LogP contribution is -1.72. The molecule has 0 aromatic heterocycles. The number of nitrogens with zero attached hydrogens (tertiary/aromatic N) is 2. The number of halogens is 2. The minimum Gasteiger partial charge on any atom is -0.443 e. The van der Waals surface area contributed by atoms with Crippen LogP contribution in [0.1, 0.15) is 0 Å². The van der Waals surface area contributed by atoms with Gasteiger partial charge in [-0.1, -0.05) is 53.8 Å². The number of hydrogen-bond donors (Lipinski definition) is 0. The third kappa shape index (κ3) is 3.77. The molecule has 17 heavy (non-hydrogen) atoms. The van der Waals surface area contributed by atoms with Gasteiger partial charge in [0.25, 0.3) is 0 Å². The number of rotatable bonds is 3. The quantitative estimate of drug-likeness (QED) is 0.527. The zero-order valence-corrected chi connectivity index (χ0v) is 10.4. The molecule has 0 amide bonds. The van der Waals surface area contributed by atoms with E-state index in [0.29, 0.717) is 10.0 Å². The van der Waals surface area contributed by atoms with Gasteiger partial charge in [0.05, 0.1) is 0 Å². The smallest absolute Gasteiger partial charge is 0.0408 e. The second-order valence-corrected chi connectivity index (χ2v) is 4.21. The molecular formula is C13H9Cl2N2-. The van der Waals surface area contributed by atoms with Crippen molar-refractivity contribution in [3.05, 3.63) is 63.9 Å². The average molecular weight is 264 g/mol. The van der Waals surface area contributed by atoms with E-state index in [-0.39, 0.29) is 0 Å². The number of benzene rings is 2. The Labute approximate surface area is 110 Å². The SMILES string of the molecule is Clc1cccc(N=C[N-]c2cccc(Cl)c2)c1. The normalized spacial score (nSPS) is 10.7. The zero-order valence-electron chi connectivity index (χ0n) is 8.85. The third-order valence-corrected chi connectivity index (χ3v) is 2.50. The van der Waals surface area contributed by atoms with Crippen LogP contribution < -0.4 is 0 Å². The van der Waals surface area contributed by atoms with Gasteiger partial charge in [-0.05, 0) is 35.6 Å². The molecule has 2 aromatic carbocycles. The van der Waals surface area contributed by atoms with Crippen molar-refractivity contribution in [1.29, 1.82) is 0 Å². The fourth-order valence-corrected chi connectivity index (χ4v) is 1.64. The molecule has 0 aliphatic rings. The Kier molecular flexibility index (Phi) is 4.02. The largest absolute Gasteiger partial charge is 0.443 e. The van der Waals surface area contributed by atoms with Crippen LogP contribution in [0.2, 0.25) is 10.0 Å². The minimum absolute atomic E-state index is 0.655. The Bertz CT molecular complexity index is 538. The summed E-state index contributed by atoms with van der Waals surface area (Å²) in [7, 11) is 0. The van der Waals surface area contributed by atoms with Gasteiger partial charge >= 0.3 is 0 Å². The lowest BCUT2D eigenvalue weighted by molar-refractivity contribution is 1.53. The summed E-state index contributed by atoms with van der Waals surface area (Å²) in [5, 5.41) is 5.48. The molecule has 0 unspecified atom stereocenters. The summed E-state index contributed by atoms with van der Waals surface area (Å²) >= 11 is 11.7. The van der Waals surface area contributed by atoms with Gasteiger partial charge < -0.3 is 10.3 Å². The lowest BCUT2D eigenvalue weighted by Gasteiger charge is -2.08. The molecule has 0 spiro atoms. The van der Waals surface area contributed by atoms with Crippen LogP contribution in [0.3, 0.4) is 0 Å². The average Bonchev–Trinajstić information content (AvgIpc) is 2.29. The molecule has 0 aliphatic carbocycles. The fourth-order valence-electron chi connectivity index (χ4n) is 1.28. The first-order valence-corrected chi connectivity index (χ1v) is 5.74. The van der Waals surface area contributed by atoms with Crippen LogP contribution in [-0.4, -0.2) is 6.34 Å². The highest BCUT2D eigenvalue weighted by atomic mass is 35.5. The molecule has 0 fully saturated rings. The summed E-state index contributed by atoms with van der Waals surface area (Å²) in [6.07, 6.45) is 1.48. The van der Waals surface area contributed by atoms with Crippen LogP contribution in [0.25, 0.3) is 5.32 Å². The highest BCUT2D eigenvalue weighted by molar-refractivity contribution is 6.31. The number of hydrogen-bond acceptors (Lipinski definition) is 1. The van der Waals surface area contributed by atoms with E-state index in [1.54, 1.807) is 24.3 Å². The van der Waals surface area contributed by atoms with E-state index in [9.17, 15) is 0 Å². The Morgan fingerprint density at radius 3 is 2.35 bits per heavy atom. The summed E-state index contributed by atoms with van der Waals surface area (Å²) < 4.78 is 0. The standard InChI is InChI=1S/C13H9Cl2N2/c14-10-3-1-5-12(7-10)16-9-17-13-6-2-4-11(15)8-13/h1-9H/q-1. The maximum atomic E-state index is 5.84. The van der Waals surface area contributed by atoms with Gasteiger partial charge in [-0.2, -0.15) is 0 Å². The van der Waals surface area contributed by atoms with Crippen LogP contribution in [0.5, 0.6) is 0 Å². The van der Waals surface area contributed by atoms with Crippen molar-refractivity contribution < 1.29 is 0 Å². The summed E-state index contributed by atoms with van der Waals surface area (Å²) in [6, 6.07) is 14.5. The van der Waals surface area contributed by atoms with Crippen LogP contribution in [0.15, 0.2) is 53.5 Å². The monoisotopic (exact) mass is 263 g/mol. The van der Waals surface area contributed by atoms with Crippen molar-refractivity contribution in [3.8, 4) is 0 Å². The van der Waals surface area contributed by atoms with Crippen molar-refractivity contribution in [2.45, 2.75) is 0 Å². The Morgan fingerprint density at radius 1 is 0.941 bits per heavy atom. The first-order chi connectivity index (χ1) is 8.24. The van der Waals surface area contributed by atoms with Crippen LogP contribution >= 0.6 is 23.2 Å². The zero-order chi connectivity index (χ0) is 12.1. The molecule has 0 heterocycles. The molecule has 86 valence electrons. The Morgan fingerprint density at radius 2 is 1.65 bits per heavy atom. The van der Waals surface area contributed by atoms with Gasteiger partial charge in [-0.15, -0.1) is 0 Å². The van der Waals surface area contributed by atoms with E-state index in [4.69, 9.17) is 23.2 Å². The van der Waals surface area contributed by atoms with Gasteiger partial charge in [-0.3, -0.25) is 0 Å². The van der Waals surface area contributed by atoms with Crippen molar-refractivity contribution >= 4 is 40.9 Å². The first kappa shape index (κ1) is 12.0. The molecule has 0 N–H and O–H groups in total. The summed E-state index contributed by atoms with van der Waals surface area (Å²) in [4.78, 5) is 4.17. The fraction of sp³-hybridized carbons (Fsp3) is 0. The van der Waals surface area contributed by atoms with Crippen molar-refractivity contribution in [1.82, 2.24) is 0 Å². The Hall–Kier alpha value is -1.51. The van der Waals surface area contributed by atoms with Gasteiger partial charge in [0.15, 0.2) is 0 Å². The molecule has 2 aromatic rings. The second kappa shape index (κ2) is 5.71. The molecule has 2 rings (SSSR count). The van der Waals surface area contributed by atoms with E-state index in [0.717, 1.165) is 11.4 Å².